The van der Waals surface area contributed by atoms with E-state index in [-0.39, 0.29) is 5.78 Å². The first-order valence-corrected chi connectivity index (χ1v) is 9.61. The van der Waals surface area contributed by atoms with E-state index < -0.39 is 18.7 Å². The number of Topliss-reactive ketones (excluding diaryl/α,β-unsaturated/α-hetero) is 1. The third kappa shape index (κ3) is 5.00. The Labute approximate surface area is 170 Å². The van der Waals surface area contributed by atoms with Crippen LogP contribution in [0.4, 0.5) is 0 Å². The number of aliphatic hydroxyl groups is 1. The minimum absolute atomic E-state index is 0.280. The van der Waals surface area contributed by atoms with Crippen molar-refractivity contribution < 1.29 is 19.4 Å². The SMILES string of the molecule is Cc1cc(C(=O)COC(=O)[C@@H](O)c2ccccc2)c(C)n1CCc1ccccc1. The summed E-state index contributed by atoms with van der Waals surface area (Å²) in [5.41, 5.74) is 4.04. The highest BCUT2D eigenvalue weighted by molar-refractivity contribution is 5.99. The Morgan fingerprint density at radius 2 is 1.62 bits per heavy atom. The van der Waals surface area contributed by atoms with Crippen LogP contribution in [0.5, 0.6) is 0 Å². The zero-order valence-electron chi connectivity index (χ0n) is 16.7. The number of nitrogens with zero attached hydrogens (tertiary/aromatic N) is 1. The molecule has 0 radical (unpaired) electrons. The van der Waals surface area contributed by atoms with E-state index >= 15 is 0 Å². The fraction of sp³-hybridized carbons (Fsp3) is 0.250. The second-order valence-electron chi connectivity index (χ2n) is 7.02. The molecule has 0 amide bonds. The fourth-order valence-corrected chi connectivity index (χ4v) is 3.38. The molecule has 3 rings (SSSR count). The van der Waals surface area contributed by atoms with Gasteiger partial charge in [-0.05, 0) is 37.5 Å². The van der Waals surface area contributed by atoms with Crippen LogP contribution in [0.15, 0.2) is 66.7 Å². The maximum atomic E-state index is 12.6. The molecule has 1 atom stereocenters. The lowest BCUT2D eigenvalue weighted by molar-refractivity contribution is -0.152. The van der Waals surface area contributed by atoms with Crippen LogP contribution in [-0.4, -0.2) is 28.0 Å². The number of rotatable bonds is 8. The zero-order chi connectivity index (χ0) is 20.8. The summed E-state index contributed by atoms with van der Waals surface area (Å²) in [6.45, 7) is 4.22. The first-order chi connectivity index (χ1) is 14.0. The van der Waals surface area contributed by atoms with Gasteiger partial charge in [0.25, 0.3) is 0 Å². The molecule has 1 N–H and O–H groups in total. The van der Waals surface area contributed by atoms with Crippen molar-refractivity contribution in [2.75, 3.05) is 6.61 Å². The highest BCUT2D eigenvalue weighted by Gasteiger charge is 2.22. The average Bonchev–Trinajstić information content (AvgIpc) is 3.04. The highest BCUT2D eigenvalue weighted by Crippen LogP contribution is 2.18. The number of aromatic nitrogens is 1. The molecular formula is C24H25NO4. The van der Waals surface area contributed by atoms with E-state index in [0.717, 1.165) is 24.4 Å². The predicted molar refractivity (Wildman–Crippen MR) is 111 cm³/mol. The van der Waals surface area contributed by atoms with Gasteiger partial charge >= 0.3 is 5.97 Å². The number of hydrogen-bond donors (Lipinski definition) is 1. The Kier molecular flexibility index (Phi) is 6.62. The molecule has 0 aliphatic heterocycles. The van der Waals surface area contributed by atoms with Gasteiger partial charge in [-0.2, -0.15) is 0 Å². The number of esters is 1. The molecule has 29 heavy (non-hydrogen) atoms. The van der Waals surface area contributed by atoms with E-state index in [0.29, 0.717) is 11.1 Å². The molecule has 1 aromatic heterocycles. The Bertz CT molecular complexity index is 977. The van der Waals surface area contributed by atoms with Crippen molar-refractivity contribution in [1.82, 2.24) is 4.57 Å². The Morgan fingerprint density at radius 3 is 2.28 bits per heavy atom. The average molecular weight is 391 g/mol. The van der Waals surface area contributed by atoms with Crippen LogP contribution >= 0.6 is 0 Å². The summed E-state index contributed by atoms with van der Waals surface area (Å²) < 4.78 is 7.16. The maximum absolute atomic E-state index is 12.6. The lowest BCUT2D eigenvalue weighted by atomic mass is 10.1. The van der Waals surface area contributed by atoms with Crippen LogP contribution in [-0.2, 0) is 22.5 Å². The molecular weight excluding hydrogens is 366 g/mol. The monoisotopic (exact) mass is 391 g/mol. The first-order valence-electron chi connectivity index (χ1n) is 9.61. The first kappa shape index (κ1) is 20.6. The van der Waals surface area contributed by atoms with E-state index in [4.69, 9.17) is 4.74 Å². The van der Waals surface area contributed by atoms with Crippen LogP contribution in [0, 0.1) is 13.8 Å². The number of aliphatic hydroxyl groups excluding tert-OH is 1. The molecule has 0 saturated heterocycles. The lowest BCUT2D eigenvalue weighted by Crippen LogP contribution is -2.20. The standard InChI is InChI=1S/C24H25NO4/c1-17-15-21(18(2)25(17)14-13-19-9-5-3-6-10-19)22(26)16-29-24(28)23(27)20-11-7-4-8-12-20/h3-12,15,23,27H,13-14,16H2,1-2H3/t23-/m0/s1. The summed E-state index contributed by atoms with van der Waals surface area (Å²) in [6, 6.07) is 20.5. The number of benzene rings is 2. The summed E-state index contributed by atoms with van der Waals surface area (Å²) in [6.07, 6.45) is -0.536. The minimum Gasteiger partial charge on any atom is -0.455 e. The fourth-order valence-electron chi connectivity index (χ4n) is 3.38. The van der Waals surface area contributed by atoms with E-state index in [9.17, 15) is 14.7 Å². The number of ketones is 1. The second kappa shape index (κ2) is 9.34. The van der Waals surface area contributed by atoms with Crippen LogP contribution in [0.2, 0.25) is 0 Å². The van der Waals surface area contributed by atoms with E-state index in [2.05, 4.69) is 16.7 Å². The van der Waals surface area contributed by atoms with Crippen LogP contribution in [0.25, 0.3) is 0 Å². The smallest absolute Gasteiger partial charge is 0.340 e. The van der Waals surface area contributed by atoms with E-state index in [1.807, 2.05) is 38.1 Å². The molecule has 0 fully saturated rings. The molecule has 2 aromatic carbocycles. The molecule has 0 saturated carbocycles. The molecule has 3 aromatic rings. The molecule has 0 aliphatic carbocycles. The van der Waals surface area contributed by atoms with Gasteiger partial charge in [-0.15, -0.1) is 0 Å². The Morgan fingerprint density at radius 1 is 1.00 bits per heavy atom. The van der Waals surface area contributed by atoms with Gasteiger partial charge in [0.2, 0.25) is 5.78 Å². The number of aryl methyl sites for hydroxylation is 2. The molecule has 150 valence electrons. The van der Waals surface area contributed by atoms with Gasteiger partial charge in [0, 0.05) is 23.5 Å². The normalized spacial score (nSPS) is 11.8. The predicted octanol–water partition coefficient (Wildman–Crippen LogP) is 3.81. The summed E-state index contributed by atoms with van der Waals surface area (Å²) >= 11 is 0. The summed E-state index contributed by atoms with van der Waals surface area (Å²) in [5.74, 6) is -1.11. The quantitative estimate of drug-likeness (QED) is 0.468. The molecule has 0 unspecified atom stereocenters. The van der Waals surface area contributed by atoms with Crippen LogP contribution in [0.3, 0.4) is 0 Å². The third-order valence-corrected chi connectivity index (χ3v) is 5.03. The maximum Gasteiger partial charge on any atom is 0.340 e. The van der Waals surface area contributed by atoms with Crippen molar-refractivity contribution in [1.29, 1.82) is 0 Å². The van der Waals surface area contributed by atoms with Gasteiger partial charge in [-0.1, -0.05) is 60.7 Å². The van der Waals surface area contributed by atoms with Gasteiger partial charge in [-0.3, -0.25) is 4.79 Å². The van der Waals surface area contributed by atoms with Crippen molar-refractivity contribution in [2.45, 2.75) is 32.9 Å². The van der Waals surface area contributed by atoms with Gasteiger partial charge in [0.05, 0.1) is 0 Å². The molecule has 1 heterocycles. The van der Waals surface area contributed by atoms with Gasteiger partial charge in [-0.25, -0.2) is 4.79 Å². The van der Waals surface area contributed by atoms with E-state index in [1.165, 1.54) is 5.56 Å². The third-order valence-electron chi connectivity index (χ3n) is 5.03. The Balaban J connectivity index is 1.61. The van der Waals surface area contributed by atoms with Crippen molar-refractivity contribution in [3.05, 3.63) is 94.8 Å². The van der Waals surface area contributed by atoms with Crippen LogP contribution in [0.1, 0.15) is 39.0 Å². The summed E-state index contributed by atoms with van der Waals surface area (Å²) in [4.78, 5) is 24.7. The summed E-state index contributed by atoms with van der Waals surface area (Å²) in [7, 11) is 0. The molecule has 0 spiro atoms. The molecule has 5 heteroatoms. The zero-order valence-corrected chi connectivity index (χ0v) is 16.7. The Hall–Kier alpha value is -3.18. The molecule has 0 aliphatic rings. The number of ether oxygens (including phenoxy) is 1. The minimum atomic E-state index is -1.40. The van der Waals surface area contributed by atoms with Gasteiger partial charge in [0.15, 0.2) is 12.7 Å². The summed E-state index contributed by atoms with van der Waals surface area (Å²) in [5, 5.41) is 10.1. The van der Waals surface area contributed by atoms with E-state index in [1.54, 1.807) is 30.3 Å². The largest absolute Gasteiger partial charge is 0.455 e. The second-order valence-corrected chi connectivity index (χ2v) is 7.02. The van der Waals surface area contributed by atoms with Gasteiger partial charge in [0.1, 0.15) is 0 Å². The number of carbonyl (C=O) groups is 2. The van der Waals surface area contributed by atoms with Crippen molar-refractivity contribution in [3.8, 4) is 0 Å². The van der Waals surface area contributed by atoms with Crippen molar-refractivity contribution >= 4 is 11.8 Å². The van der Waals surface area contributed by atoms with Crippen molar-refractivity contribution in [3.63, 3.8) is 0 Å². The van der Waals surface area contributed by atoms with Crippen LogP contribution < -0.4 is 0 Å². The topological polar surface area (TPSA) is 68.5 Å². The number of hydrogen-bond acceptors (Lipinski definition) is 4. The highest BCUT2D eigenvalue weighted by atomic mass is 16.5. The van der Waals surface area contributed by atoms with Gasteiger partial charge < -0.3 is 14.4 Å². The van der Waals surface area contributed by atoms with Crippen molar-refractivity contribution in [2.24, 2.45) is 0 Å². The molecule has 0 bridgehead atoms. The number of carbonyl (C=O) groups excluding carboxylic acids is 2. The molecule has 5 nitrogen and oxygen atoms in total. The lowest BCUT2D eigenvalue weighted by Gasteiger charge is -2.11.